The fraction of sp³-hybridized carbons (Fsp3) is 0.364. The maximum atomic E-state index is 11.0. The highest BCUT2D eigenvalue weighted by molar-refractivity contribution is 5.77. The van der Waals surface area contributed by atoms with Crippen LogP contribution in [0.15, 0.2) is 24.3 Å². The summed E-state index contributed by atoms with van der Waals surface area (Å²) in [6.45, 7) is 1.47. The van der Waals surface area contributed by atoms with Crippen molar-refractivity contribution < 1.29 is 19.7 Å². The van der Waals surface area contributed by atoms with Crippen LogP contribution in [0.1, 0.15) is 12.5 Å². The Hall–Kier alpha value is -1.55. The van der Waals surface area contributed by atoms with E-state index in [2.05, 4.69) is 0 Å². The number of benzene rings is 1. The maximum Gasteiger partial charge on any atom is 0.336 e. The number of phenolic OH excluding ortho intramolecular Hbond substituents is 1. The number of rotatable bonds is 4. The van der Waals surface area contributed by atoms with Crippen LogP contribution in [0.25, 0.3) is 0 Å². The highest BCUT2D eigenvalue weighted by Gasteiger charge is 2.33. The molecule has 1 atom stereocenters. The predicted molar refractivity (Wildman–Crippen MR) is 54.9 cm³/mol. The van der Waals surface area contributed by atoms with Crippen LogP contribution in [0.4, 0.5) is 0 Å². The number of ether oxygens (including phenoxy) is 1. The average molecular weight is 210 g/mol. The molecule has 15 heavy (non-hydrogen) atoms. The number of para-hydroxylation sites is 1. The lowest BCUT2D eigenvalue weighted by molar-refractivity contribution is -0.159. The second-order valence-corrected chi connectivity index (χ2v) is 3.55. The molecular weight excluding hydrogens is 196 g/mol. The summed E-state index contributed by atoms with van der Waals surface area (Å²) in [7, 11) is 1.34. The van der Waals surface area contributed by atoms with Gasteiger partial charge in [-0.2, -0.15) is 0 Å². The summed E-state index contributed by atoms with van der Waals surface area (Å²) in [6, 6.07) is 6.62. The highest BCUT2D eigenvalue weighted by Crippen LogP contribution is 2.23. The van der Waals surface area contributed by atoms with E-state index in [9.17, 15) is 9.90 Å². The first kappa shape index (κ1) is 11.5. The van der Waals surface area contributed by atoms with Crippen molar-refractivity contribution in [2.75, 3.05) is 7.11 Å². The zero-order chi connectivity index (χ0) is 11.5. The number of carboxylic acids is 1. The van der Waals surface area contributed by atoms with E-state index in [0.717, 1.165) is 0 Å². The molecule has 0 aromatic heterocycles. The van der Waals surface area contributed by atoms with E-state index in [1.807, 2.05) is 0 Å². The van der Waals surface area contributed by atoms with Crippen LogP contribution in [0.5, 0.6) is 5.75 Å². The second kappa shape index (κ2) is 4.31. The third-order valence-corrected chi connectivity index (χ3v) is 2.42. The number of hydrogen-bond acceptors (Lipinski definition) is 3. The van der Waals surface area contributed by atoms with Gasteiger partial charge in [0.2, 0.25) is 0 Å². The fourth-order valence-corrected chi connectivity index (χ4v) is 1.26. The number of carbonyl (C=O) groups is 1. The molecule has 0 heterocycles. The third kappa shape index (κ3) is 2.47. The monoisotopic (exact) mass is 210 g/mol. The summed E-state index contributed by atoms with van der Waals surface area (Å²) in [6.07, 6.45) is 0.130. The van der Waals surface area contributed by atoms with Gasteiger partial charge in [-0.1, -0.05) is 18.2 Å². The molecule has 0 amide bonds. The molecule has 0 aliphatic heterocycles. The van der Waals surface area contributed by atoms with E-state index in [4.69, 9.17) is 9.84 Å². The summed E-state index contributed by atoms with van der Waals surface area (Å²) in [4.78, 5) is 11.0. The average Bonchev–Trinajstić information content (AvgIpc) is 2.21. The topological polar surface area (TPSA) is 66.8 Å². The number of hydrogen-bond donors (Lipinski definition) is 2. The minimum absolute atomic E-state index is 0.0852. The van der Waals surface area contributed by atoms with Gasteiger partial charge in [0, 0.05) is 13.5 Å². The summed E-state index contributed by atoms with van der Waals surface area (Å²) < 4.78 is 4.95. The Morgan fingerprint density at radius 3 is 2.53 bits per heavy atom. The molecule has 0 radical (unpaired) electrons. The molecule has 0 aliphatic rings. The van der Waals surface area contributed by atoms with Gasteiger partial charge in [-0.05, 0) is 18.6 Å². The smallest absolute Gasteiger partial charge is 0.336 e. The molecule has 82 valence electrons. The Bertz CT molecular complexity index is 361. The number of carboxylic acid groups (broad SMARTS) is 1. The molecule has 4 nitrogen and oxygen atoms in total. The molecule has 1 unspecified atom stereocenters. The molecule has 0 bridgehead atoms. The quantitative estimate of drug-likeness (QED) is 0.788. The van der Waals surface area contributed by atoms with Crippen LogP contribution >= 0.6 is 0 Å². The van der Waals surface area contributed by atoms with Gasteiger partial charge in [-0.25, -0.2) is 4.79 Å². The van der Waals surface area contributed by atoms with Crippen molar-refractivity contribution in [1.82, 2.24) is 0 Å². The minimum Gasteiger partial charge on any atom is -0.508 e. The first-order valence-electron chi connectivity index (χ1n) is 4.55. The largest absolute Gasteiger partial charge is 0.508 e. The van der Waals surface area contributed by atoms with Gasteiger partial charge in [-0.3, -0.25) is 0 Å². The van der Waals surface area contributed by atoms with E-state index in [1.54, 1.807) is 18.2 Å². The summed E-state index contributed by atoms with van der Waals surface area (Å²) >= 11 is 0. The molecule has 2 N–H and O–H groups in total. The van der Waals surface area contributed by atoms with Gasteiger partial charge in [-0.15, -0.1) is 0 Å². The molecule has 0 saturated carbocycles. The lowest BCUT2D eigenvalue weighted by atomic mass is 9.96. The van der Waals surface area contributed by atoms with E-state index >= 15 is 0 Å². The van der Waals surface area contributed by atoms with Crippen molar-refractivity contribution in [2.45, 2.75) is 18.9 Å². The lowest BCUT2D eigenvalue weighted by Crippen LogP contribution is -2.39. The first-order valence-corrected chi connectivity index (χ1v) is 4.55. The zero-order valence-electron chi connectivity index (χ0n) is 8.73. The zero-order valence-corrected chi connectivity index (χ0v) is 8.73. The Balaban J connectivity index is 2.94. The molecule has 1 aromatic carbocycles. The Morgan fingerprint density at radius 1 is 1.47 bits per heavy atom. The number of aliphatic carboxylic acids is 1. The van der Waals surface area contributed by atoms with Crippen LogP contribution in [-0.2, 0) is 16.0 Å². The van der Waals surface area contributed by atoms with Crippen molar-refractivity contribution in [3.05, 3.63) is 29.8 Å². The van der Waals surface area contributed by atoms with E-state index in [1.165, 1.54) is 20.1 Å². The standard InChI is InChI=1S/C11H14O4/c1-11(15-2,10(13)14)7-8-5-3-4-6-9(8)12/h3-6,12H,7H2,1-2H3,(H,13,14). The van der Waals surface area contributed by atoms with Crippen molar-refractivity contribution >= 4 is 5.97 Å². The molecule has 0 saturated heterocycles. The first-order chi connectivity index (χ1) is 6.99. The van der Waals surface area contributed by atoms with Crippen molar-refractivity contribution in [1.29, 1.82) is 0 Å². The molecular formula is C11H14O4. The van der Waals surface area contributed by atoms with E-state index < -0.39 is 11.6 Å². The van der Waals surface area contributed by atoms with Crippen molar-refractivity contribution in [2.24, 2.45) is 0 Å². The van der Waals surface area contributed by atoms with Crippen LogP contribution in [0.2, 0.25) is 0 Å². The molecule has 0 spiro atoms. The van der Waals surface area contributed by atoms with Crippen LogP contribution < -0.4 is 0 Å². The van der Waals surface area contributed by atoms with Crippen LogP contribution in [0.3, 0.4) is 0 Å². The van der Waals surface area contributed by atoms with Crippen LogP contribution in [-0.4, -0.2) is 28.9 Å². The minimum atomic E-state index is -1.31. The van der Waals surface area contributed by atoms with E-state index in [-0.39, 0.29) is 12.2 Å². The lowest BCUT2D eigenvalue weighted by Gasteiger charge is -2.23. The van der Waals surface area contributed by atoms with Crippen molar-refractivity contribution in [3.8, 4) is 5.75 Å². The second-order valence-electron chi connectivity index (χ2n) is 3.55. The van der Waals surface area contributed by atoms with Gasteiger partial charge in [0.1, 0.15) is 5.75 Å². The Kier molecular flexibility index (Phi) is 3.31. The summed E-state index contributed by atoms with van der Waals surface area (Å²) in [5.74, 6) is -0.963. The number of phenols is 1. The maximum absolute atomic E-state index is 11.0. The van der Waals surface area contributed by atoms with Crippen LogP contribution in [0, 0.1) is 0 Å². The molecule has 4 heteroatoms. The SMILES string of the molecule is COC(C)(Cc1ccccc1O)C(=O)O. The third-order valence-electron chi connectivity index (χ3n) is 2.42. The number of aromatic hydroxyl groups is 1. The van der Waals surface area contributed by atoms with Gasteiger partial charge >= 0.3 is 5.97 Å². The van der Waals surface area contributed by atoms with Gasteiger partial charge in [0.25, 0.3) is 0 Å². The molecule has 0 fully saturated rings. The van der Waals surface area contributed by atoms with Gasteiger partial charge in [0.05, 0.1) is 0 Å². The van der Waals surface area contributed by atoms with Crippen molar-refractivity contribution in [3.63, 3.8) is 0 Å². The normalized spacial score (nSPS) is 14.5. The predicted octanol–water partition coefficient (Wildman–Crippen LogP) is 1.42. The summed E-state index contributed by atoms with van der Waals surface area (Å²) in [5, 5.41) is 18.5. The molecule has 1 aromatic rings. The van der Waals surface area contributed by atoms with E-state index in [0.29, 0.717) is 5.56 Å². The molecule has 1 rings (SSSR count). The fourth-order valence-electron chi connectivity index (χ4n) is 1.26. The highest BCUT2D eigenvalue weighted by atomic mass is 16.5. The molecule has 0 aliphatic carbocycles. The van der Waals surface area contributed by atoms with Gasteiger partial charge < -0.3 is 14.9 Å². The van der Waals surface area contributed by atoms with Gasteiger partial charge in [0.15, 0.2) is 5.60 Å². The summed E-state index contributed by atoms with van der Waals surface area (Å²) in [5.41, 5.74) is -0.747. The Morgan fingerprint density at radius 2 is 2.07 bits per heavy atom. The number of methoxy groups -OCH3 is 1. The Labute approximate surface area is 88.1 Å².